The first-order chi connectivity index (χ1) is 13.1. The van der Waals surface area contributed by atoms with Gasteiger partial charge in [-0.25, -0.2) is 9.59 Å². The maximum atomic E-state index is 12.0. The first-order valence-electron chi connectivity index (χ1n) is 8.42. The zero-order chi connectivity index (χ0) is 19.1. The van der Waals surface area contributed by atoms with Crippen LogP contribution in [0.4, 0.5) is 0 Å². The highest BCUT2D eigenvalue weighted by atomic mass is 35.5. The Labute approximate surface area is 161 Å². The number of aryl methyl sites for hydroxylation is 2. The molecule has 3 rings (SSSR count). The molecule has 0 amide bonds. The van der Waals surface area contributed by atoms with E-state index in [1.807, 2.05) is 36.4 Å². The number of carbonyl (C=O) groups is 1. The number of rotatable bonds is 6. The van der Waals surface area contributed by atoms with Crippen LogP contribution in [0, 0.1) is 0 Å². The molecule has 3 aromatic rings. The lowest BCUT2D eigenvalue weighted by Gasteiger charge is -2.04. The van der Waals surface area contributed by atoms with Gasteiger partial charge in [0.15, 0.2) is 0 Å². The van der Waals surface area contributed by atoms with Gasteiger partial charge < -0.3 is 9.15 Å². The van der Waals surface area contributed by atoms with Crippen LogP contribution in [0.2, 0.25) is 5.02 Å². The average Bonchev–Trinajstić information content (AvgIpc) is 2.66. The summed E-state index contributed by atoms with van der Waals surface area (Å²) in [5.41, 5.74) is 1.27. The summed E-state index contributed by atoms with van der Waals surface area (Å²) in [6.07, 6.45) is 4.07. The first kappa shape index (κ1) is 18.7. The summed E-state index contributed by atoms with van der Waals surface area (Å²) in [6.45, 7) is 0. The zero-order valence-corrected chi connectivity index (χ0v) is 15.2. The summed E-state index contributed by atoms with van der Waals surface area (Å²) < 4.78 is 10.4. The van der Waals surface area contributed by atoms with Gasteiger partial charge in [-0.1, -0.05) is 60.1 Å². The van der Waals surface area contributed by atoms with Crippen molar-refractivity contribution < 1.29 is 13.9 Å². The smallest absolute Gasteiger partial charge is 0.339 e. The highest BCUT2D eigenvalue weighted by Gasteiger charge is 2.07. The molecule has 1 aromatic heterocycles. The lowest BCUT2D eigenvalue weighted by molar-refractivity contribution is -0.128. The molecular weight excluding hydrogens is 364 g/mol. The fraction of sp³-hybridized carbons (Fsp3) is 0.0909. The van der Waals surface area contributed by atoms with Crippen molar-refractivity contribution in [2.24, 2.45) is 0 Å². The fourth-order valence-corrected chi connectivity index (χ4v) is 2.72. The van der Waals surface area contributed by atoms with Crippen LogP contribution in [-0.2, 0) is 17.6 Å². The highest BCUT2D eigenvalue weighted by molar-refractivity contribution is 6.32. The van der Waals surface area contributed by atoms with Crippen molar-refractivity contribution in [2.45, 2.75) is 12.8 Å². The van der Waals surface area contributed by atoms with Crippen LogP contribution in [0.15, 0.2) is 82.0 Å². The van der Waals surface area contributed by atoms with E-state index in [9.17, 15) is 9.59 Å². The van der Waals surface area contributed by atoms with Crippen LogP contribution in [0.1, 0.15) is 16.9 Å². The highest BCUT2D eigenvalue weighted by Crippen LogP contribution is 2.17. The van der Waals surface area contributed by atoms with Crippen molar-refractivity contribution in [3.8, 4) is 5.75 Å². The third kappa shape index (κ3) is 5.69. The van der Waals surface area contributed by atoms with Crippen molar-refractivity contribution in [3.63, 3.8) is 0 Å². The fourth-order valence-electron chi connectivity index (χ4n) is 2.52. The van der Waals surface area contributed by atoms with Crippen LogP contribution < -0.4 is 10.4 Å². The molecule has 0 saturated heterocycles. The molecule has 0 fully saturated rings. The van der Waals surface area contributed by atoms with E-state index in [1.165, 1.54) is 6.08 Å². The number of hydrogen-bond donors (Lipinski definition) is 0. The van der Waals surface area contributed by atoms with Gasteiger partial charge in [0.2, 0.25) is 0 Å². The molecule has 5 heteroatoms. The second-order valence-electron chi connectivity index (χ2n) is 5.84. The summed E-state index contributed by atoms with van der Waals surface area (Å²) in [5.74, 6) is 0.0156. The summed E-state index contributed by atoms with van der Waals surface area (Å²) in [4.78, 5) is 23.7. The minimum absolute atomic E-state index is 0.156. The van der Waals surface area contributed by atoms with Gasteiger partial charge >= 0.3 is 11.6 Å². The average molecular weight is 381 g/mol. The van der Waals surface area contributed by atoms with Gasteiger partial charge in [-0.2, -0.15) is 0 Å². The second kappa shape index (κ2) is 9.01. The van der Waals surface area contributed by atoms with E-state index in [0.29, 0.717) is 29.2 Å². The minimum Gasteiger partial charge on any atom is -0.428 e. The number of ether oxygens (including phenoxy) is 1. The monoisotopic (exact) mass is 380 g/mol. The van der Waals surface area contributed by atoms with Crippen molar-refractivity contribution in [1.29, 1.82) is 0 Å². The molecule has 0 spiro atoms. The molecule has 27 heavy (non-hydrogen) atoms. The van der Waals surface area contributed by atoms with E-state index in [2.05, 4.69) is 0 Å². The van der Waals surface area contributed by atoms with E-state index < -0.39 is 11.6 Å². The molecule has 0 aliphatic heterocycles. The minimum atomic E-state index is -0.602. The number of esters is 1. The zero-order valence-electron chi connectivity index (χ0n) is 14.4. The number of benzene rings is 2. The van der Waals surface area contributed by atoms with Crippen LogP contribution in [0.5, 0.6) is 5.75 Å². The van der Waals surface area contributed by atoms with Crippen molar-refractivity contribution in [2.75, 3.05) is 0 Å². The molecule has 0 bridgehead atoms. The molecule has 2 aromatic carbocycles. The van der Waals surface area contributed by atoms with Crippen molar-refractivity contribution in [1.82, 2.24) is 0 Å². The van der Waals surface area contributed by atoms with Crippen LogP contribution in [-0.4, -0.2) is 5.97 Å². The number of carbonyl (C=O) groups excluding carboxylic acids is 1. The summed E-state index contributed by atoms with van der Waals surface area (Å²) >= 11 is 6.04. The Morgan fingerprint density at radius 2 is 1.74 bits per heavy atom. The Morgan fingerprint density at radius 1 is 1.00 bits per heavy atom. The topological polar surface area (TPSA) is 56.5 Å². The van der Waals surface area contributed by atoms with Gasteiger partial charge in [0, 0.05) is 23.6 Å². The third-order valence-electron chi connectivity index (χ3n) is 3.82. The first-order valence-corrected chi connectivity index (χ1v) is 8.80. The Morgan fingerprint density at radius 3 is 2.52 bits per heavy atom. The van der Waals surface area contributed by atoms with Crippen molar-refractivity contribution >= 4 is 23.6 Å². The molecule has 0 radical (unpaired) electrons. The van der Waals surface area contributed by atoms with E-state index in [4.69, 9.17) is 20.8 Å². The summed E-state index contributed by atoms with van der Waals surface area (Å²) in [5, 5.41) is 0.533. The standard InChI is InChI=1S/C22H17ClO4/c23-20-9-5-4-8-17(20)11-13-21(24)27-19-14-18(26-22(25)15-19)12-10-16-6-2-1-3-7-16/h1-9,11,13-15H,10,12H2/b13-11+. The SMILES string of the molecule is O=C(/C=C/c1ccccc1Cl)Oc1cc(CCc2ccccc2)oc(=O)c1. The number of halogens is 1. The molecule has 136 valence electrons. The van der Waals surface area contributed by atoms with Gasteiger partial charge in [0.25, 0.3) is 0 Å². The Hall–Kier alpha value is -3.11. The van der Waals surface area contributed by atoms with Gasteiger partial charge in [0.1, 0.15) is 11.5 Å². The Kier molecular flexibility index (Phi) is 6.23. The van der Waals surface area contributed by atoms with E-state index in [0.717, 1.165) is 11.6 Å². The maximum Gasteiger partial charge on any atom is 0.339 e. The van der Waals surface area contributed by atoms with E-state index in [1.54, 1.807) is 30.3 Å². The van der Waals surface area contributed by atoms with Gasteiger partial charge in [0.05, 0.1) is 6.07 Å². The predicted molar refractivity (Wildman–Crippen MR) is 105 cm³/mol. The van der Waals surface area contributed by atoms with Crippen molar-refractivity contribution in [3.05, 3.63) is 105 Å². The molecular formula is C22H17ClO4. The molecule has 4 nitrogen and oxygen atoms in total. The summed E-state index contributed by atoms with van der Waals surface area (Å²) in [7, 11) is 0. The van der Waals surface area contributed by atoms with E-state index >= 15 is 0 Å². The van der Waals surface area contributed by atoms with Crippen LogP contribution in [0.25, 0.3) is 6.08 Å². The third-order valence-corrected chi connectivity index (χ3v) is 4.16. The number of hydrogen-bond acceptors (Lipinski definition) is 4. The molecule has 0 unspecified atom stereocenters. The maximum absolute atomic E-state index is 12.0. The Balaban J connectivity index is 1.66. The quantitative estimate of drug-likeness (QED) is 0.459. The lowest BCUT2D eigenvalue weighted by Crippen LogP contribution is -2.08. The largest absolute Gasteiger partial charge is 0.428 e. The van der Waals surface area contributed by atoms with E-state index in [-0.39, 0.29) is 5.75 Å². The normalized spacial score (nSPS) is 10.9. The molecule has 0 aliphatic rings. The molecule has 0 atom stereocenters. The van der Waals surface area contributed by atoms with Gasteiger partial charge in [-0.15, -0.1) is 0 Å². The molecule has 0 aliphatic carbocycles. The Bertz CT molecular complexity index is 1010. The van der Waals surface area contributed by atoms with Crippen LogP contribution in [0.3, 0.4) is 0 Å². The predicted octanol–water partition coefficient (Wildman–Crippen LogP) is 4.70. The molecule has 0 saturated carbocycles. The van der Waals surface area contributed by atoms with Crippen LogP contribution >= 0.6 is 11.6 Å². The summed E-state index contributed by atoms with van der Waals surface area (Å²) in [6, 6.07) is 19.7. The van der Waals surface area contributed by atoms with Gasteiger partial charge in [-0.3, -0.25) is 0 Å². The molecule has 0 N–H and O–H groups in total. The molecule has 1 heterocycles. The lowest BCUT2D eigenvalue weighted by atomic mass is 10.1. The van der Waals surface area contributed by atoms with Gasteiger partial charge in [-0.05, 0) is 29.7 Å². The second-order valence-corrected chi connectivity index (χ2v) is 6.25.